The second kappa shape index (κ2) is 8.49. The van der Waals surface area contributed by atoms with Crippen LogP contribution < -0.4 is 4.74 Å². The summed E-state index contributed by atoms with van der Waals surface area (Å²) >= 11 is 1.71. The summed E-state index contributed by atoms with van der Waals surface area (Å²) in [7, 11) is 0. The van der Waals surface area contributed by atoms with Gasteiger partial charge in [-0.2, -0.15) is 4.98 Å². The molecule has 0 saturated carbocycles. The van der Waals surface area contributed by atoms with Gasteiger partial charge in [0.05, 0.1) is 30.1 Å². The van der Waals surface area contributed by atoms with Crippen molar-refractivity contribution in [3.8, 4) is 11.6 Å². The van der Waals surface area contributed by atoms with Crippen molar-refractivity contribution >= 4 is 27.2 Å². The van der Waals surface area contributed by atoms with Gasteiger partial charge in [-0.15, -0.1) is 11.3 Å². The van der Waals surface area contributed by atoms with Crippen LogP contribution in [0.15, 0.2) is 18.2 Å². The van der Waals surface area contributed by atoms with Gasteiger partial charge in [-0.05, 0) is 44.2 Å². The summed E-state index contributed by atoms with van der Waals surface area (Å²) in [4.78, 5) is 25.4. The fourth-order valence-corrected chi connectivity index (χ4v) is 5.59. The quantitative estimate of drug-likeness (QED) is 0.429. The Balaban J connectivity index is 1.60. The summed E-state index contributed by atoms with van der Waals surface area (Å²) in [5.74, 6) is 1.33. The van der Waals surface area contributed by atoms with Crippen LogP contribution in [0.4, 0.5) is 5.69 Å². The first-order valence-electron chi connectivity index (χ1n) is 10.6. The third-order valence-corrected chi connectivity index (χ3v) is 7.07. The molecule has 0 amide bonds. The van der Waals surface area contributed by atoms with Crippen molar-refractivity contribution in [2.75, 3.05) is 26.3 Å². The Morgan fingerprint density at radius 3 is 2.84 bits per heavy atom. The van der Waals surface area contributed by atoms with Crippen LogP contribution in [0, 0.1) is 17.0 Å². The number of aryl methyl sites for hydroxylation is 3. The zero-order valence-electron chi connectivity index (χ0n) is 17.4. The molecule has 0 unspecified atom stereocenters. The van der Waals surface area contributed by atoms with Crippen molar-refractivity contribution in [1.82, 2.24) is 14.9 Å². The van der Waals surface area contributed by atoms with E-state index in [-0.39, 0.29) is 16.4 Å². The van der Waals surface area contributed by atoms with Crippen LogP contribution in [0.5, 0.6) is 11.6 Å². The van der Waals surface area contributed by atoms with Crippen LogP contribution in [-0.2, 0) is 24.1 Å². The highest BCUT2D eigenvalue weighted by atomic mass is 32.1. The maximum Gasteiger partial charge on any atom is 0.314 e. The highest BCUT2D eigenvalue weighted by Gasteiger charge is 2.26. The number of aromatic nitrogens is 2. The van der Waals surface area contributed by atoms with Gasteiger partial charge < -0.3 is 9.47 Å². The fourth-order valence-electron chi connectivity index (χ4n) is 4.32. The Bertz CT molecular complexity index is 1140. The monoisotopic (exact) mass is 440 g/mol. The maximum absolute atomic E-state index is 11.7. The van der Waals surface area contributed by atoms with Gasteiger partial charge in [0.15, 0.2) is 0 Å². The Morgan fingerprint density at radius 1 is 1.23 bits per heavy atom. The molecule has 3 heterocycles. The van der Waals surface area contributed by atoms with Crippen molar-refractivity contribution in [2.45, 2.75) is 39.2 Å². The molecular formula is C22H24N4O4S. The SMILES string of the molecule is Cc1cccc(Oc2nc(CN3CCOCC3)nc3sc4c(c23)CCCC4)c1[N+](=O)[O-]. The molecule has 1 aliphatic heterocycles. The summed E-state index contributed by atoms with van der Waals surface area (Å²) in [5.41, 5.74) is 1.79. The molecule has 0 atom stereocenters. The number of morpholine rings is 1. The predicted octanol–water partition coefficient (Wildman–Crippen LogP) is 4.41. The number of benzene rings is 1. The minimum atomic E-state index is -0.388. The standard InChI is InChI=1S/C22H24N4O4S/c1-14-5-4-7-16(20(14)26(27)28)30-21-19-15-6-2-3-8-17(15)31-22(19)24-18(23-21)13-25-9-11-29-12-10-25/h4-5,7H,2-3,6,8-13H2,1H3. The molecule has 2 aliphatic rings. The van der Waals surface area contributed by atoms with E-state index in [1.165, 1.54) is 16.9 Å². The molecule has 9 heteroatoms. The zero-order chi connectivity index (χ0) is 21.4. The van der Waals surface area contributed by atoms with E-state index in [4.69, 9.17) is 19.4 Å². The lowest BCUT2D eigenvalue weighted by Crippen LogP contribution is -2.36. The predicted molar refractivity (Wildman–Crippen MR) is 118 cm³/mol. The molecule has 0 spiro atoms. The number of para-hydroxylation sites is 1. The van der Waals surface area contributed by atoms with Gasteiger partial charge >= 0.3 is 5.69 Å². The normalized spacial score (nSPS) is 16.9. The smallest absolute Gasteiger partial charge is 0.314 e. The molecule has 1 saturated heterocycles. The van der Waals surface area contributed by atoms with E-state index in [1.54, 1.807) is 36.5 Å². The van der Waals surface area contributed by atoms with E-state index in [0.717, 1.165) is 42.6 Å². The van der Waals surface area contributed by atoms with Crippen LogP contribution >= 0.6 is 11.3 Å². The number of nitro groups is 1. The third-order valence-electron chi connectivity index (χ3n) is 5.89. The number of hydrogen-bond donors (Lipinski definition) is 0. The Kier molecular flexibility index (Phi) is 5.56. The molecule has 1 fully saturated rings. The number of nitro benzene ring substituents is 1. The summed E-state index contributed by atoms with van der Waals surface area (Å²) in [5, 5.41) is 12.6. The summed E-state index contributed by atoms with van der Waals surface area (Å²) in [6.07, 6.45) is 4.30. The third kappa shape index (κ3) is 4.00. The van der Waals surface area contributed by atoms with E-state index >= 15 is 0 Å². The van der Waals surface area contributed by atoms with Crippen molar-refractivity contribution < 1.29 is 14.4 Å². The highest BCUT2D eigenvalue weighted by Crippen LogP contribution is 2.42. The minimum Gasteiger partial charge on any atom is -0.431 e. The molecule has 5 rings (SSSR count). The number of rotatable bonds is 5. The molecule has 3 aromatic rings. The van der Waals surface area contributed by atoms with Crippen LogP contribution in [0.3, 0.4) is 0 Å². The molecule has 8 nitrogen and oxygen atoms in total. The van der Waals surface area contributed by atoms with Gasteiger partial charge in [-0.1, -0.05) is 12.1 Å². The van der Waals surface area contributed by atoms with E-state index in [2.05, 4.69) is 4.90 Å². The van der Waals surface area contributed by atoms with Crippen LogP contribution in [0.25, 0.3) is 10.2 Å². The largest absolute Gasteiger partial charge is 0.431 e. The molecule has 0 N–H and O–H groups in total. The topological polar surface area (TPSA) is 90.6 Å². The molecule has 1 aliphatic carbocycles. The van der Waals surface area contributed by atoms with Crippen LogP contribution in [0.2, 0.25) is 0 Å². The average molecular weight is 441 g/mol. The van der Waals surface area contributed by atoms with E-state index < -0.39 is 0 Å². The van der Waals surface area contributed by atoms with Crippen molar-refractivity contribution in [3.63, 3.8) is 0 Å². The van der Waals surface area contributed by atoms with Crippen LogP contribution in [-0.4, -0.2) is 46.1 Å². The molecule has 0 bridgehead atoms. The Hall–Kier alpha value is -2.62. The van der Waals surface area contributed by atoms with Gasteiger partial charge in [-0.3, -0.25) is 15.0 Å². The lowest BCUT2D eigenvalue weighted by molar-refractivity contribution is -0.386. The van der Waals surface area contributed by atoms with Gasteiger partial charge in [0, 0.05) is 23.5 Å². The average Bonchev–Trinajstić information content (AvgIpc) is 3.13. The first-order chi connectivity index (χ1) is 15.1. The van der Waals surface area contributed by atoms with E-state index in [1.807, 2.05) is 0 Å². The number of nitrogens with zero attached hydrogens (tertiary/aromatic N) is 4. The molecule has 0 radical (unpaired) electrons. The number of ether oxygens (including phenoxy) is 2. The second-order valence-electron chi connectivity index (χ2n) is 8.01. The Labute approximate surface area is 184 Å². The molecule has 162 valence electrons. The number of hydrogen-bond acceptors (Lipinski definition) is 8. The van der Waals surface area contributed by atoms with Gasteiger partial charge in [-0.25, -0.2) is 4.98 Å². The molecule has 2 aromatic heterocycles. The minimum absolute atomic E-state index is 0.0203. The number of fused-ring (bicyclic) bond motifs is 3. The molecule has 31 heavy (non-hydrogen) atoms. The summed E-state index contributed by atoms with van der Waals surface area (Å²) < 4.78 is 11.6. The van der Waals surface area contributed by atoms with Gasteiger partial charge in [0.2, 0.25) is 11.6 Å². The van der Waals surface area contributed by atoms with Gasteiger partial charge in [0.1, 0.15) is 10.7 Å². The van der Waals surface area contributed by atoms with Crippen molar-refractivity contribution in [3.05, 3.63) is 50.1 Å². The lowest BCUT2D eigenvalue weighted by atomic mass is 9.97. The second-order valence-corrected chi connectivity index (χ2v) is 9.09. The zero-order valence-corrected chi connectivity index (χ0v) is 18.2. The first-order valence-corrected chi connectivity index (χ1v) is 11.4. The fraction of sp³-hybridized carbons (Fsp3) is 0.455. The van der Waals surface area contributed by atoms with E-state index in [0.29, 0.717) is 37.0 Å². The Morgan fingerprint density at radius 2 is 2.03 bits per heavy atom. The van der Waals surface area contributed by atoms with Crippen molar-refractivity contribution in [2.24, 2.45) is 0 Å². The summed E-state index contributed by atoms with van der Waals surface area (Å²) in [6, 6.07) is 5.13. The van der Waals surface area contributed by atoms with E-state index in [9.17, 15) is 10.1 Å². The maximum atomic E-state index is 11.7. The number of thiophene rings is 1. The first kappa shape index (κ1) is 20.3. The highest BCUT2D eigenvalue weighted by molar-refractivity contribution is 7.18. The van der Waals surface area contributed by atoms with Gasteiger partial charge in [0.25, 0.3) is 0 Å². The van der Waals surface area contributed by atoms with Crippen LogP contribution in [0.1, 0.15) is 34.7 Å². The van der Waals surface area contributed by atoms with Crippen molar-refractivity contribution in [1.29, 1.82) is 0 Å². The molecule has 1 aromatic carbocycles. The lowest BCUT2D eigenvalue weighted by Gasteiger charge is -2.25. The molecular weight excluding hydrogens is 416 g/mol. The summed E-state index contributed by atoms with van der Waals surface area (Å²) in [6.45, 7) is 5.40.